The number of amides is 1. The maximum Gasteiger partial charge on any atom is 0.416 e. The number of hydrogen-bond donors (Lipinski definition) is 2. The molecule has 10 heteroatoms. The molecule has 0 spiro atoms. The zero-order valence-electron chi connectivity index (χ0n) is 17.1. The number of aromatic nitrogens is 3. The summed E-state index contributed by atoms with van der Waals surface area (Å²) in [6.07, 6.45) is -2.41. The lowest BCUT2D eigenvalue weighted by Gasteiger charge is -2.11. The summed E-state index contributed by atoms with van der Waals surface area (Å²) in [6.45, 7) is 0.0802. The molecule has 2 aromatic carbocycles. The predicted octanol–water partition coefficient (Wildman–Crippen LogP) is 4.07. The Morgan fingerprint density at radius 3 is 2.50 bits per heavy atom. The summed E-state index contributed by atoms with van der Waals surface area (Å²) in [5.41, 5.74) is 0.865. The minimum atomic E-state index is -4.42. The van der Waals surface area contributed by atoms with E-state index < -0.39 is 11.7 Å². The van der Waals surface area contributed by atoms with E-state index in [0.29, 0.717) is 22.5 Å². The third-order valence-corrected chi connectivity index (χ3v) is 4.82. The molecule has 32 heavy (non-hydrogen) atoms. The first-order valence-electron chi connectivity index (χ1n) is 9.93. The first-order valence-corrected chi connectivity index (χ1v) is 9.93. The van der Waals surface area contributed by atoms with Crippen LogP contribution in [0.15, 0.2) is 48.5 Å². The number of halogens is 3. The van der Waals surface area contributed by atoms with Gasteiger partial charge in [-0.25, -0.2) is 0 Å². The largest absolute Gasteiger partial charge is 0.467 e. The first-order chi connectivity index (χ1) is 15.3. The monoisotopic (exact) mass is 443 g/mol. The molecule has 0 saturated heterocycles. The average molecular weight is 443 g/mol. The van der Waals surface area contributed by atoms with Crippen LogP contribution in [0.5, 0.6) is 6.01 Å². The van der Waals surface area contributed by atoms with E-state index in [4.69, 9.17) is 4.74 Å². The highest BCUT2D eigenvalue weighted by Gasteiger charge is 2.30. The van der Waals surface area contributed by atoms with E-state index >= 15 is 0 Å². The Bertz CT molecular complexity index is 1120. The minimum Gasteiger partial charge on any atom is -0.467 e. The van der Waals surface area contributed by atoms with Crippen LogP contribution >= 0.6 is 0 Å². The molecule has 7 nitrogen and oxygen atoms in total. The molecule has 1 fully saturated rings. The second-order valence-electron chi connectivity index (χ2n) is 7.35. The number of alkyl halides is 3. The number of ether oxygens (including phenoxy) is 1. The van der Waals surface area contributed by atoms with E-state index in [9.17, 15) is 18.0 Å². The van der Waals surface area contributed by atoms with Crippen molar-refractivity contribution in [3.05, 3.63) is 65.2 Å². The van der Waals surface area contributed by atoms with Gasteiger partial charge in [0.2, 0.25) is 5.95 Å². The lowest BCUT2D eigenvalue weighted by molar-refractivity contribution is -0.137. The molecule has 1 aliphatic carbocycles. The van der Waals surface area contributed by atoms with Crippen LogP contribution < -0.4 is 15.4 Å². The van der Waals surface area contributed by atoms with Gasteiger partial charge in [0, 0.05) is 23.7 Å². The molecule has 1 aromatic heterocycles. The second-order valence-corrected chi connectivity index (χ2v) is 7.35. The van der Waals surface area contributed by atoms with Crippen molar-refractivity contribution in [2.24, 2.45) is 0 Å². The molecule has 2 N–H and O–H groups in total. The van der Waals surface area contributed by atoms with E-state index in [-0.39, 0.29) is 30.5 Å². The summed E-state index contributed by atoms with van der Waals surface area (Å²) < 4.78 is 43.9. The van der Waals surface area contributed by atoms with Gasteiger partial charge in [-0.1, -0.05) is 24.3 Å². The van der Waals surface area contributed by atoms with Crippen molar-refractivity contribution < 1.29 is 22.7 Å². The van der Waals surface area contributed by atoms with Gasteiger partial charge in [0.1, 0.15) is 0 Å². The standard InChI is InChI=1S/C22H20F3N5O2/c1-32-21-29-18(14-5-7-15(8-6-14)19(31)27-17-9-10-17)28-20(30-21)26-12-13-3-2-4-16(11-13)22(23,24)25/h2-8,11,17H,9-10,12H2,1H3,(H,27,31)(H,26,28,29,30). The maximum atomic E-state index is 12.9. The SMILES string of the molecule is COc1nc(NCc2cccc(C(F)(F)F)c2)nc(-c2ccc(C(=O)NC3CC3)cc2)n1. The van der Waals surface area contributed by atoms with E-state index in [1.165, 1.54) is 13.2 Å². The molecule has 166 valence electrons. The topological polar surface area (TPSA) is 89.0 Å². The van der Waals surface area contributed by atoms with Gasteiger partial charge in [0.15, 0.2) is 5.82 Å². The fraction of sp³-hybridized carbons (Fsp3) is 0.273. The Labute approximate surface area is 182 Å². The molecule has 3 aromatic rings. The third-order valence-electron chi connectivity index (χ3n) is 4.82. The molecule has 0 atom stereocenters. The Kier molecular flexibility index (Phi) is 5.93. The van der Waals surface area contributed by atoms with Gasteiger partial charge in [-0.2, -0.15) is 28.1 Å². The molecular weight excluding hydrogens is 423 g/mol. The van der Waals surface area contributed by atoms with Crippen LogP contribution in [0.25, 0.3) is 11.4 Å². The van der Waals surface area contributed by atoms with Gasteiger partial charge in [0.25, 0.3) is 5.91 Å². The fourth-order valence-corrected chi connectivity index (χ4v) is 2.96. The molecule has 1 aliphatic rings. The van der Waals surface area contributed by atoms with Gasteiger partial charge >= 0.3 is 12.2 Å². The predicted molar refractivity (Wildman–Crippen MR) is 111 cm³/mol. The number of rotatable bonds is 7. The number of nitrogens with zero attached hydrogens (tertiary/aromatic N) is 3. The zero-order chi connectivity index (χ0) is 22.7. The number of carbonyl (C=O) groups excluding carboxylic acids is 1. The van der Waals surface area contributed by atoms with Gasteiger partial charge in [-0.15, -0.1) is 0 Å². The highest BCUT2D eigenvalue weighted by molar-refractivity contribution is 5.95. The highest BCUT2D eigenvalue weighted by atomic mass is 19.4. The molecular formula is C22H20F3N5O2. The van der Waals surface area contributed by atoms with Crippen LogP contribution in [-0.2, 0) is 12.7 Å². The van der Waals surface area contributed by atoms with Crippen LogP contribution in [0.2, 0.25) is 0 Å². The smallest absolute Gasteiger partial charge is 0.416 e. The van der Waals surface area contributed by atoms with Crippen LogP contribution in [0.1, 0.15) is 34.3 Å². The summed E-state index contributed by atoms with van der Waals surface area (Å²) in [5.74, 6) is 0.327. The lowest BCUT2D eigenvalue weighted by Crippen LogP contribution is -2.25. The molecule has 0 radical (unpaired) electrons. The van der Waals surface area contributed by atoms with Crippen molar-refractivity contribution in [3.63, 3.8) is 0 Å². The zero-order valence-corrected chi connectivity index (χ0v) is 17.1. The average Bonchev–Trinajstić information content (AvgIpc) is 3.61. The number of nitrogens with one attached hydrogen (secondary N) is 2. The van der Waals surface area contributed by atoms with Crippen LogP contribution in [0, 0.1) is 0 Å². The van der Waals surface area contributed by atoms with Crippen LogP contribution in [0.3, 0.4) is 0 Å². The number of methoxy groups -OCH3 is 1. The van der Waals surface area contributed by atoms with Crippen molar-refractivity contribution in [2.75, 3.05) is 12.4 Å². The van der Waals surface area contributed by atoms with Crippen molar-refractivity contribution in [3.8, 4) is 17.4 Å². The Morgan fingerprint density at radius 1 is 1.09 bits per heavy atom. The van der Waals surface area contributed by atoms with Gasteiger partial charge < -0.3 is 15.4 Å². The first kappa shape index (κ1) is 21.5. The number of anilines is 1. The summed E-state index contributed by atoms with van der Waals surface area (Å²) in [6, 6.07) is 12.1. The lowest BCUT2D eigenvalue weighted by atomic mass is 10.1. The molecule has 0 bridgehead atoms. The van der Waals surface area contributed by atoms with Gasteiger partial charge in [-0.3, -0.25) is 4.79 Å². The molecule has 1 saturated carbocycles. The Balaban J connectivity index is 1.50. The summed E-state index contributed by atoms with van der Waals surface area (Å²) in [5, 5.41) is 5.83. The van der Waals surface area contributed by atoms with E-state index in [0.717, 1.165) is 25.0 Å². The molecule has 0 unspecified atom stereocenters. The normalized spacial score (nSPS) is 13.5. The summed E-state index contributed by atoms with van der Waals surface area (Å²) in [4.78, 5) is 24.8. The maximum absolute atomic E-state index is 12.9. The molecule has 4 rings (SSSR count). The summed E-state index contributed by atoms with van der Waals surface area (Å²) in [7, 11) is 1.40. The van der Waals surface area contributed by atoms with E-state index in [1.54, 1.807) is 30.3 Å². The van der Waals surface area contributed by atoms with Crippen molar-refractivity contribution >= 4 is 11.9 Å². The summed E-state index contributed by atoms with van der Waals surface area (Å²) >= 11 is 0. The Morgan fingerprint density at radius 2 is 1.84 bits per heavy atom. The quantitative estimate of drug-likeness (QED) is 0.572. The number of carbonyl (C=O) groups is 1. The fourth-order valence-electron chi connectivity index (χ4n) is 2.96. The third kappa shape index (κ3) is 5.32. The molecule has 1 heterocycles. The van der Waals surface area contributed by atoms with Gasteiger partial charge in [-0.05, 0) is 42.7 Å². The van der Waals surface area contributed by atoms with Crippen LogP contribution in [0.4, 0.5) is 19.1 Å². The van der Waals surface area contributed by atoms with Crippen molar-refractivity contribution in [1.29, 1.82) is 0 Å². The molecule has 0 aliphatic heterocycles. The van der Waals surface area contributed by atoms with Crippen LogP contribution in [-0.4, -0.2) is 34.0 Å². The molecule has 1 amide bonds. The number of hydrogen-bond acceptors (Lipinski definition) is 6. The minimum absolute atomic E-state index is 0.0529. The van der Waals surface area contributed by atoms with E-state index in [1.807, 2.05) is 0 Å². The number of benzene rings is 2. The second kappa shape index (κ2) is 8.81. The van der Waals surface area contributed by atoms with Crippen molar-refractivity contribution in [1.82, 2.24) is 20.3 Å². The Hall–Kier alpha value is -3.69. The van der Waals surface area contributed by atoms with E-state index in [2.05, 4.69) is 25.6 Å². The van der Waals surface area contributed by atoms with Crippen molar-refractivity contribution in [2.45, 2.75) is 31.6 Å². The highest BCUT2D eigenvalue weighted by Crippen LogP contribution is 2.29. The van der Waals surface area contributed by atoms with Gasteiger partial charge in [0.05, 0.1) is 12.7 Å².